The van der Waals surface area contributed by atoms with Gasteiger partial charge >= 0.3 is 5.63 Å². The largest absolute Gasteiger partial charge is 0.493 e. The summed E-state index contributed by atoms with van der Waals surface area (Å²) in [4.78, 5) is 14.4. The summed E-state index contributed by atoms with van der Waals surface area (Å²) in [7, 11) is 0. The molecule has 1 unspecified atom stereocenters. The number of piperidine rings is 1. The van der Waals surface area contributed by atoms with Gasteiger partial charge in [-0.05, 0) is 55.6 Å². The molecule has 0 saturated carbocycles. The summed E-state index contributed by atoms with van der Waals surface area (Å²) >= 11 is 0. The van der Waals surface area contributed by atoms with E-state index < -0.39 is 0 Å². The van der Waals surface area contributed by atoms with Crippen LogP contribution < -0.4 is 10.4 Å². The van der Waals surface area contributed by atoms with Gasteiger partial charge in [-0.3, -0.25) is 4.90 Å². The van der Waals surface area contributed by atoms with Crippen molar-refractivity contribution in [2.75, 3.05) is 19.7 Å². The third-order valence-corrected chi connectivity index (χ3v) is 5.21. The first-order valence-electron chi connectivity index (χ1n) is 9.61. The number of benzene rings is 2. The van der Waals surface area contributed by atoms with Crippen molar-refractivity contribution in [2.45, 2.75) is 26.3 Å². The fraction of sp³-hybridized carbons (Fsp3) is 0.348. The monoisotopic (exact) mass is 363 g/mol. The number of rotatable bonds is 5. The molecule has 1 saturated heterocycles. The Morgan fingerprint density at radius 1 is 1.15 bits per heavy atom. The molecule has 4 rings (SSSR count). The highest BCUT2D eigenvalue weighted by Crippen LogP contribution is 2.24. The highest BCUT2D eigenvalue weighted by atomic mass is 16.5. The molecule has 4 nitrogen and oxygen atoms in total. The maximum atomic E-state index is 12.0. The molecule has 0 bridgehead atoms. The minimum absolute atomic E-state index is 0.274. The van der Waals surface area contributed by atoms with Gasteiger partial charge in [-0.25, -0.2) is 4.79 Å². The van der Waals surface area contributed by atoms with Crippen LogP contribution in [-0.4, -0.2) is 24.6 Å². The SMILES string of the molecule is Cc1ccc2c(CN3CCCC(COc4ccccc4)C3)cc(=O)oc2c1. The van der Waals surface area contributed by atoms with Crippen molar-refractivity contribution in [3.8, 4) is 5.75 Å². The topological polar surface area (TPSA) is 42.7 Å². The standard InChI is InChI=1S/C23H25NO3/c1-17-9-10-21-19(13-23(25)27-22(21)12-17)15-24-11-5-6-18(14-24)16-26-20-7-3-2-4-8-20/h2-4,7-10,12-13,18H,5-6,11,14-16H2,1H3. The first kappa shape index (κ1) is 17.8. The van der Waals surface area contributed by atoms with E-state index in [0.717, 1.165) is 54.9 Å². The van der Waals surface area contributed by atoms with Gasteiger partial charge in [-0.15, -0.1) is 0 Å². The Morgan fingerprint density at radius 3 is 2.85 bits per heavy atom. The Hall–Kier alpha value is -2.59. The Labute approximate surface area is 159 Å². The van der Waals surface area contributed by atoms with E-state index in [2.05, 4.69) is 17.0 Å². The Bertz CT molecular complexity index is 964. The predicted molar refractivity (Wildman–Crippen MR) is 107 cm³/mol. The maximum Gasteiger partial charge on any atom is 0.336 e. The molecule has 0 spiro atoms. The molecule has 1 aliphatic heterocycles. The van der Waals surface area contributed by atoms with E-state index in [1.165, 1.54) is 6.42 Å². The van der Waals surface area contributed by atoms with Crippen molar-refractivity contribution in [3.05, 3.63) is 76.1 Å². The first-order chi connectivity index (χ1) is 13.2. The molecule has 27 heavy (non-hydrogen) atoms. The lowest BCUT2D eigenvalue weighted by molar-refractivity contribution is 0.125. The molecule has 2 heterocycles. The van der Waals surface area contributed by atoms with Crippen LogP contribution in [0.5, 0.6) is 5.75 Å². The van der Waals surface area contributed by atoms with Gasteiger partial charge in [0, 0.05) is 30.5 Å². The molecule has 1 atom stereocenters. The Kier molecular flexibility index (Phi) is 5.26. The van der Waals surface area contributed by atoms with Crippen molar-refractivity contribution in [1.82, 2.24) is 4.90 Å². The number of hydrogen-bond acceptors (Lipinski definition) is 4. The molecule has 0 aliphatic carbocycles. The van der Waals surface area contributed by atoms with Crippen LogP contribution in [0.15, 0.2) is 63.8 Å². The second-order valence-electron chi connectivity index (χ2n) is 7.46. The maximum absolute atomic E-state index is 12.0. The lowest BCUT2D eigenvalue weighted by atomic mass is 9.98. The zero-order valence-corrected chi connectivity index (χ0v) is 15.7. The average molecular weight is 363 g/mol. The van der Waals surface area contributed by atoms with Gasteiger partial charge in [0.05, 0.1) is 6.61 Å². The number of aryl methyl sites for hydroxylation is 1. The van der Waals surface area contributed by atoms with Crippen LogP contribution in [0, 0.1) is 12.8 Å². The van der Waals surface area contributed by atoms with Crippen LogP contribution in [0.25, 0.3) is 11.0 Å². The van der Waals surface area contributed by atoms with Gasteiger partial charge in [-0.1, -0.05) is 30.3 Å². The van der Waals surface area contributed by atoms with Gasteiger partial charge in [0.2, 0.25) is 0 Å². The third-order valence-electron chi connectivity index (χ3n) is 5.21. The molecule has 1 aromatic heterocycles. The van der Waals surface area contributed by atoms with Crippen molar-refractivity contribution in [2.24, 2.45) is 5.92 Å². The molecule has 2 aromatic carbocycles. The smallest absolute Gasteiger partial charge is 0.336 e. The number of fused-ring (bicyclic) bond motifs is 1. The minimum atomic E-state index is -0.274. The van der Waals surface area contributed by atoms with Crippen LogP contribution in [0.1, 0.15) is 24.0 Å². The van der Waals surface area contributed by atoms with Gasteiger partial charge in [0.1, 0.15) is 11.3 Å². The van der Waals surface area contributed by atoms with Crippen LogP contribution in [0.4, 0.5) is 0 Å². The lowest BCUT2D eigenvalue weighted by Gasteiger charge is -2.32. The number of nitrogens with zero attached hydrogens (tertiary/aromatic N) is 1. The molecular weight excluding hydrogens is 338 g/mol. The molecule has 0 radical (unpaired) electrons. The fourth-order valence-electron chi connectivity index (χ4n) is 3.87. The second-order valence-corrected chi connectivity index (χ2v) is 7.46. The van der Waals surface area contributed by atoms with Crippen molar-refractivity contribution < 1.29 is 9.15 Å². The van der Waals surface area contributed by atoms with Crippen LogP contribution >= 0.6 is 0 Å². The summed E-state index contributed by atoms with van der Waals surface area (Å²) in [5.41, 5.74) is 2.55. The molecule has 1 aliphatic rings. The van der Waals surface area contributed by atoms with Crippen molar-refractivity contribution in [3.63, 3.8) is 0 Å². The second kappa shape index (κ2) is 7.97. The van der Waals surface area contributed by atoms with Crippen molar-refractivity contribution >= 4 is 11.0 Å². The zero-order chi connectivity index (χ0) is 18.6. The van der Waals surface area contributed by atoms with Gasteiger partial charge in [0.15, 0.2) is 0 Å². The predicted octanol–water partition coefficient (Wildman–Crippen LogP) is 4.39. The Balaban J connectivity index is 1.45. The molecule has 0 amide bonds. The Morgan fingerprint density at radius 2 is 2.00 bits per heavy atom. The quantitative estimate of drug-likeness (QED) is 0.631. The highest BCUT2D eigenvalue weighted by Gasteiger charge is 2.21. The zero-order valence-electron chi connectivity index (χ0n) is 15.7. The normalized spacial score (nSPS) is 17.9. The highest BCUT2D eigenvalue weighted by molar-refractivity contribution is 5.80. The number of likely N-dealkylation sites (tertiary alicyclic amines) is 1. The number of para-hydroxylation sites is 1. The molecule has 140 valence electrons. The summed E-state index contributed by atoms with van der Waals surface area (Å²) in [5.74, 6) is 1.43. The fourth-order valence-corrected chi connectivity index (χ4v) is 3.87. The molecular formula is C23H25NO3. The summed E-state index contributed by atoms with van der Waals surface area (Å²) < 4.78 is 11.3. The van der Waals surface area contributed by atoms with Gasteiger partial charge < -0.3 is 9.15 Å². The summed E-state index contributed by atoms with van der Waals surface area (Å²) in [6, 6.07) is 17.7. The average Bonchev–Trinajstić information content (AvgIpc) is 2.67. The van der Waals surface area contributed by atoms with E-state index >= 15 is 0 Å². The van der Waals surface area contributed by atoms with E-state index in [9.17, 15) is 4.79 Å². The molecule has 1 fully saturated rings. The summed E-state index contributed by atoms with van der Waals surface area (Å²) in [6.45, 7) is 5.55. The van der Waals surface area contributed by atoms with Gasteiger partial charge in [0.25, 0.3) is 0 Å². The first-order valence-corrected chi connectivity index (χ1v) is 9.61. The van der Waals surface area contributed by atoms with Crippen molar-refractivity contribution in [1.29, 1.82) is 0 Å². The number of ether oxygens (including phenoxy) is 1. The lowest BCUT2D eigenvalue weighted by Crippen LogP contribution is -2.37. The number of hydrogen-bond donors (Lipinski definition) is 0. The van der Waals surface area contributed by atoms with Gasteiger partial charge in [-0.2, -0.15) is 0 Å². The van der Waals surface area contributed by atoms with E-state index in [0.29, 0.717) is 11.5 Å². The molecule has 3 aromatic rings. The van der Waals surface area contributed by atoms with E-state index in [4.69, 9.17) is 9.15 Å². The van der Waals surface area contributed by atoms with E-state index in [-0.39, 0.29) is 5.63 Å². The van der Waals surface area contributed by atoms with E-state index in [1.807, 2.05) is 43.3 Å². The summed E-state index contributed by atoms with van der Waals surface area (Å²) in [6.07, 6.45) is 2.33. The van der Waals surface area contributed by atoms with Crippen LogP contribution in [0.3, 0.4) is 0 Å². The summed E-state index contributed by atoms with van der Waals surface area (Å²) in [5, 5.41) is 1.03. The third kappa shape index (κ3) is 4.40. The van der Waals surface area contributed by atoms with Crippen LogP contribution in [-0.2, 0) is 6.54 Å². The van der Waals surface area contributed by atoms with E-state index in [1.54, 1.807) is 6.07 Å². The minimum Gasteiger partial charge on any atom is -0.493 e. The molecule has 4 heteroatoms. The molecule has 0 N–H and O–H groups in total. The van der Waals surface area contributed by atoms with Crippen LogP contribution in [0.2, 0.25) is 0 Å².